The molecular formula is C12H20Br2N2. The molecule has 0 aliphatic heterocycles. The van der Waals surface area contributed by atoms with Gasteiger partial charge in [0.05, 0.1) is 5.69 Å². The van der Waals surface area contributed by atoms with Gasteiger partial charge >= 0.3 is 0 Å². The van der Waals surface area contributed by atoms with Crippen LogP contribution in [0.5, 0.6) is 0 Å². The highest BCUT2D eigenvalue weighted by Gasteiger charge is 2.27. The van der Waals surface area contributed by atoms with Crippen molar-refractivity contribution in [3.8, 4) is 0 Å². The van der Waals surface area contributed by atoms with Gasteiger partial charge in [-0.15, -0.1) is 0 Å². The SMILES string of the molecule is CCn1nc(C)cc1CC(CC)(CBr)CBr. The molecule has 2 nitrogen and oxygen atoms in total. The van der Waals surface area contributed by atoms with Crippen molar-refractivity contribution in [3.05, 3.63) is 17.5 Å². The lowest BCUT2D eigenvalue weighted by Crippen LogP contribution is -2.28. The van der Waals surface area contributed by atoms with Gasteiger partial charge in [-0.1, -0.05) is 38.8 Å². The summed E-state index contributed by atoms with van der Waals surface area (Å²) < 4.78 is 2.12. The van der Waals surface area contributed by atoms with Gasteiger partial charge in [-0.2, -0.15) is 5.10 Å². The first-order valence-electron chi connectivity index (χ1n) is 5.76. The Bertz CT molecular complexity index is 321. The molecule has 0 bridgehead atoms. The lowest BCUT2D eigenvalue weighted by molar-refractivity contribution is 0.360. The van der Waals surface area contributed by atoms with Crippen LogP contribution in [0.15, 0.2) is 6.07 Å². The second-order valence-corrected chi connectivity index (χ2v) is 5.51. The smallest absolute Gasteiger partial charge is 0.0596 e. The van der Waals surface area contributed by atoms with Crippen molar-refractivity contribution in [2.24, 2.45) is 5.41 Å². The Morgan fingerprint density at radius 3 is 2.38 bits per heavy atom. The topological polar surface area (TPSA) is 17.8 Å². The van der Waals surface area contributed by atoms with Crippen LogP contribution in [0.4, 0.5) is 0 Å². The maximum Gasteiger partial charge on any atom is 0.0596 e. The number of aryl methyl sites for hydroxylation is 2. The highest BCUT2D eigenvalue weighted by Crippen LogP contribution is 2.31. The van der Waals surface area contributed by atoms with Crippen molar-refractivity contribution in [1.82, 2.24) is 9.78 Å². The molecule has 0 fully saturated rings. The van der Waals surface area contributed by atoms with Gasteiger partial charge in [0.15, 0.2) is 0 Å². The average molecular weight is 352 g/mol. The van der Waals surface area contributed by atoms with E-state index in [2.05, 4.69) is 68.5 Å². The first kappa shape index (κ1) is 14.2. The molecule has 0 unspecified atom stereocenters. The minimum absolute atomic E-state index is 0.305. The van der Waals surface area contributed by atoms with Gasteiger partial charge in [0.1, 0.15) is 0 Å². The molecular weight excluding hydrogens is 332 g/mol. The summed E-state index contributed by atoms with van der Waals surface area (Å²) in [6, 6.07) is 2.21. The van der Waals surface area contributed by atoms with E-state index in [4.69, 9.17) is 0 Å². The Morgan fingerprint density at radius 1 is 1.31 bits per heavy atom. The minimum Gasteiger partial charge on any atom is -0.270 e. The van der Waals surface area contributed by atoms with Crippen LogP contribution >= 0.6 is 31.9 Å². The molecule has 0 spiro atoms. The van der Waals surface area contributed by atoms with Gasteiger partial charge in [-0.05, 0) is 38.2 Å². The highest BCUT2D eigenvalue weighted by atomic mass is 79.9. The Morgan fingerprint density at radius 2 is 1.94 bits per heavy atom. The molecule has 0 aliphatic carbocycles. The van der Waals surface area contributed by atoms with Crippen molar-refractivity contribution < 1.29 is 0 Å². The van der Waals surface area contributed by atoms with E-state index in [0.717, 1.165) is 35.7 Å². The van der Waals surface area contributed by atoms with E-state index >= 15 is 0 Å². The van der Waals surface area contributed by atoms with E-state index in [1.54, 1.807) is 0 Å². The highest BCUT2D eigenvalue weighted by molar-refractivity contribution is 9.09. The summed E-state index contributed by atoms with van der Waals surface area (Å²) in [5, 5.41) is 6.55. The number of hydrogen-bond acceptors (Lipinski definition) is 1. The number of nitrogens with zero attached hydrogens (tertiary/aromatic N) is 2. The van der Waals surface area contributed by atoms with E-state index in [-0.39, 0.29) is 0 Å². The zero-order valence-corrected chi connectivity index (χ0v) is 13.4. The molecule has 1 rings (SSSR count). The molecule has 4 heteroatoms. The Balaban J connectivity index is 2.92. The summed E-state index contributed by atoms with van der Waals surface area (Å²) in [5.74, 6) is 0. The third-order valence-corrected chi connectivity index (χ3v) is 5.54. The molecule has 16 heavy (non-hydrogen) atoms. The fraction of sp³-hybridized carbons (Fsp3) is 0.750. The third-order valence-electron chi connectivity index (χ3n) is 3.16. The van der Waals surface area contributed by atoms with E-state index in [1.165, 1.54) is 5.69 Å². The molecule has 0 aliphatic rings. The van der Waals surface area contributed by atoms with Crippen molar-refractivity contribution >= 4 is 31.9 Å². The minimum atomic E-state index is 0.305. The van der Waals surface area contributed by atoms with Crippen LogP contribution < -0.4 is 0 Å². The first-order valence-corrected chi connectivity index (χ1v) is 8.00. The zero-order valence-electron chi connectivity index (χ0n) is 10.3. The molecule has 0 radical (unpaired) electrons. The van der Waals surface area contributed by atoms with Crippen LogP contribution in [-0.2, 0) is 13.0 Å². The van der Waals surface area contributed by atoms with Crippen LogP contribution in [0.3, 0.4) is 0 Å². The number of hydrogen-bond donors (Lipinski definition) is 0. The Hall–Kier alpha value is 0.170. The van der Waals surface area contributed by atoms with E-state index in [1.807, 2.05) is 0 Å². The number of aromatic nitrogens is 2. The summed E-state index contributed by atoms with van der Waals surface area (Å²) in [7, 11) is 0. The van der Waals surface area contributed by atoms with Crippen molar-refractivity contribution in [3.63, 3.8) is 0 Å². The second kappa shape index (κ2) is 6.20. The molecule has 0 aromatic carbocycles. The van der Waals surface area contributed by atoms with Gasteiger partial charge in [0.2, 0.25) is 0 Å². The Labute approximate surface area is 115 Å². The van der Waals surface area contributed by atoms with Crippen molar-refractivity contribution in [2.75, 3.05) is 10.7 Å². The van der Waals surface area contributed by atoms with Crippen molar-refractivity contribution in [2.45, 2.75) is 40.2 Å². The predicted molar refractivity (Wildman–Crippen MR) is 76.7 cm³/mol. The van der Waals surface area contributed by atoms with Gasteiger partial charge in [0, 0.05) is 22.9 Å². The average Bonchev–Trinajstić information content (AvgIpc) is 2.66. The van der Waals surface area contributed by atoms with Gasteiger partial charge in [-0.25, -0.2) is 0 Å². The predicted octanol–water partition coefficient (Wildman–Crippen LogP) is 3.94. The van der Waals surface area contributed by atoms with Crippen LogP contribution in [-0.4, -0.2) is 20.4 Å². The number of halogens is 2. The van der Waals surface area contributed by atoms with E-state index < -0.39 is 0 Å². The van der Waals surface area contributed by atoms with Gasteiger partial charge < -0.3 is 0 Å². The number of rotatable bonds is 6. The molecule has 0 saturated heterocycles. The monoisotopic (exact) mass is 350 g/mol. The fourth-order valence-electron chi connectivity index (χ4n) is 1.84. The number of alkyl halides is 2. The van der Waals surface area contributed by atoms with E-state index in [0.29, 0.717) is 5.41 Å². The van der Waals surface area contributed by atoms with Crippen LogP contribution in [0.1, 0.15) is 31.7 Å². The molecule has 0 saturated carbocycles. The lowest BCUT2D eigenvalue weighted by atomic mass is 9.85. The van der Waals surface area contributed by atoms with Gasteiger partial charge in [-0.3, -0.25) is 4.68 Å². The van der Waals surface area contributed by atoms with Crippen LogP contribution in [0, 0.1) is 12.3 Å². The molecule has 0 amide bonds. The normalized spacial score (nSPS) is 12.1. The Kier molecular flexibility index (Phi) is 5.51. The quantitative estimate of drug-likeness (QED) is 0.710. The maximum atomic E-state index is 4.50. The summed E-state index contributed by atoms with van der Waals surface area (Å²) in [6.45, 7) is 7.41. The summed E-state index contributed by atoms with van der Waals surface area (Å²) in [6.07, 6.45) is 2.24. The van der Waals surface area contributed by atoms with Crippen molar-refractivity contribution in [1.29, 1.82) is 0 Å². The lowest BCUT2D eigenvalue weighted by Gasteiger charge is -2.28. The zero-order chi connectivity index (χ0) is 12.2. The fourth-order valence-corrected chi connectivity index (χ4v) is 3.96. The molecule has 1 aromatic rings. The molecule has 0 N–H and O–H groups in total. The molecule has 1 heterocycles. The van der Waals surface area contributed by atoms with Crippen LogP contribution in [0.25, 0.3) is 0 Å². The second-order valence-electron chi connectivity index (χ2n) is 4.39. The third kappa shape index (κ3) is 3.10. The van der Waals surface area contributed by atoms with Crippen LogP contribution in [0.2, 0.25) is 0 Å². The first-order chi connectivity index (χ1) is 7.60. The maximum absolute atomic E-state index is 4.50. The van der Waals surface area contributed by atoms with E-state index in [9.17, 15) is 0 Å². The molecule has 1 aromatic heterocycles. The summed E-state index contributed by atoms with van der Waals surface area (Å²) in [5.41, 5.74) is 2.77. The largest absolute Gasteiger partial charge is 0.270 e. The van der Waals surface area contributed by atoms with Gasteiger partial charge in [0.25, 0.3) is 0 Å². The summed E-state index contributed by atoms with van der Waals surface area (Å²) in [4.78, 5) is 0. The summed E-state index contributed by atoms with van der Waals surface area (Å²) >= 11 is 7.29. The molecule has 0 atom stereocenters. The standard InChI is InChI=1S/C12H20Br2N2/c1-4-12(8-13,9-14)7-11-6-10(3)15-16(11)5-2/h6H,4-5,7-9H2,1-3H3. The molecule has 92 valence electrons.